The van der Waals surface area contributed by atoms with Crippen molar-refractivity contribution in [3.8, 4) is 0 Å². The Morgan fingerprint density at radius 3 is 1.21 bits per heavy atom. The van der Waals surface area contributed by atoms with Crippen LogP contribution in [0.5, 0.6) is 0 Å². The molecule has 8 heteroatoms. The molecule has 2 aliphatic heterocycles. The van der Waals surface area contributed by atoms with Crippen LogP contribution in [0, 0.1) is 0 Å². The summed E-state index contributed by atoms with van der Waals surface area (Å²) in [6.45, 7) is 26.4. The summed E-state index contributed by atoms with van der Waals surface area (Å²) in [7, 11) is 0. The van der Waals surface area contributed by atoms with Crippen molar-refractivity contribution < 1.29 is 28.7 Å². The van der Waals surface area contributed by atoms with Gasteiger partial charge in [-0.1, -0.05) is 90.2 Å². The second-order valence-electron chi connectivity index (χ2n) is 16.4. The number of esters is 2. The predicted octanol–water partition coefficient (Wildman–Crippen LogP) is 9.81. The molecule has 0 radical (unpaired) electrons. The van der Waals surface area contributed by atoms with Crippen molar-refractivity contribution in [2.45, 2.75) is 207 Å². The van der Waals surface area contributed by atoms with Gasteiger partial charge in [0.15, 0.2) is 0 Å². The Morgan fingerprint density at radius 1 is 0.562 bits per heavy atom. The molecule has 0 bridgehead atoms. The van der Waals surface area contributed by atoms with Gasteiger partial charge < -0.3 is 9.47 Å². The van der Waals surface area contributed by atoms with Crippen molar-refractivity contribution in [1.29, 1.82) is 0 Å². The molecule has 48 heavy (non-hydrogen) atoms. The second kappa shape index (κ2) is 19.0. The molecular formula is C40H72N2O6. The van der Waals surface area contributed by atoms with Crippen LogP contribution in [-0.4, -0.2) is 69.6 Å². The number of carbonyl (C=O) groups excluding carboxylic acids is 2. The number of hydrogen-bond donors (Lipinski definition) is 0. The third-order valence-electron chi connectivity index (χ3n) is 9.83. The number of hydrogen-bond acceptors (Lipinski definition) is 8. The highest BCUT2D eigenvalue weighted by molar-refractivity contribution is 5.78. The average molecular weight is 677 g/mol. The van der Waals surface area contributed by atoms with Crippen molar-refractivity contribution in [1.82, 2.24) is 10.1 Å². The Balaban J connectivity index is 1.97. The fraction of sp³-hybridized carbons (Fsp3) is 0.850. The Kier molecular flexibility index (Phi) is 16.8. The van der Waals surface area contributed by atoms with E-state index in [4.69, 9.17) is 19.1 Å². The van der Waals surface area contributed by atoms with E-state index >= 15 is 0 Å². The zero-order chi connectivity index (χ0) is 36.2. The van der Waals surface area contributed by atoms with Crippen molar-refractivity contribution in [3.63, 3.8) is 0 Å². The molecule has 0 aromatic rings. The molecule has 2 aliphatic rings. The lowest BCUT2D eigenvalue weighted by molar-refractivity contribution is -0.278. The molecule has 278 valence electrons. The maximum atomic E-state index is 13.2. The van der Waals surface area contributed by atoms with E-state index in [9.17, 15) is 9.59 Å². The zero-order valence-electron chi connectivity index (χ0n) is 33.0. The largest absolute Gasteiger partial charge is 0.456 e. The Hall–Kier alpha value is -1.74. The van der Waals surface area contributed by atoms with Crippen molar-refractivity contribution in [3.05, 3.63) is 23.3 Å². The van der Waals surface area contributed by atoms with E-state index in [1.165, 1.54) is 51.4 Å². The lowest BCUT2D eigenvalue weighted by Crippen LogP contribution is -2.64. The number of rotatable bonds is 21. The van der Waals surface area contributed by atoms with Crippen LogP contribution >= 0.6 is 0 Å². The molecule has 0 aromatic heterocycles. The van der Waals surface area contributed by atoms with Crippen LogP contribution < -0.4 is 0 Å². The highest BCUT2D eigenvalue weighted by Crippen LogP contribution is 2.41. The summed E-state index contributed by atoms with van der Waals surface area (Å²) in [5, 5.41) is 3.99. The van der Waals surface area contributed by atoms with Crippen LogP contribution in [0.3, 0.4) is 0 Å². The summed E-state index contributed by atoms with van der Waals surface area (Å²) >= 11 is 0. The minimum absolute atomic E-state index is 0.0552. The average Bonchev–Trinajstić information content (AvgIpc) is 2.97. The SMILES string of the molecule is CCCCCCCCON1C(C)(C)C=C(C)C(OC(=O)CCC(=O)OC2C(C)=CC(C)(C)N(OCCCCCCCC)C2(C)C)C1(C)C. The number of nitrogens with zero attached hydrogens (tertiary/aromatic N) is 2. The van der Waals surface area contributed by atoms with E-state index in [0.717, 1.165) is 36.8 Å². The van der Waals surface area contributed by atoms with E-state index in [2.05, 4.69) is 81.4 Å². The molecule has 0 saturated heterocycles. The minimum Gasteiger partial charge on any atom is -0.456 e. The van der Waals surface area contributed by atoms with Gasteiger partial charge in [0.05, 0.1) is 48.2 Å². The molecule has 0 aromatic carbocycles. The first-order chi connectivity index (χ1) is 22.4. The molecule has 2 unspecified atom stereocenters. The normalized spacial score (nSPS) is 23.3. The van der Waals surface area contributed by atoms with E-state index in [-0.39, 0.29) is 23.9 Å². The molecule has 8 nitrogen and oxygen atoms in total. The maximum absolute atomic E-state index is 13.2. The topological polar surface area (TPSA) is 77.5 Å². The van der Waals surface area contributed by atoms with Crippen LogP contribution in [0.15, 0.2) is 23.3 Å². The molecular weight excluding hydrogens is 604 g/mol. The van der Waals surface area contributed by atoms with Gasteiger partial charge in [-0.25, -0.2) is 0 Å². The molecule has 2 atom stereocenters. The number of ether oxygens (including phenoxy) is 2. The first-order valence-corrected chi connectivity index (χ1v) is 19.1. The molecule has 0 amide bonds. The van der Waals surface area contributed by atoms with Gasteiger partial charge in [-0.3, -0.25) is 19.3 Å². The van der Waals surface area contributed by atoms with Crippen LogP contribution in [0.1, 0.15) is 173 Å². The van der Waals surface area contributed by atoms with Crippen LogP contribution in [0.25, 0.3) is 0 Å². The molecule has 0 spiro atoms. The summed E-state index contributed by atoms with van der Waals surface area (Å²) < 4.78 is 12.1. The summed E-state index contributed by atoms with van der Waals surface area (Å²) in [6, 6.07) is 0. The number of unbranched alkanes of at least 4 members (excludes halogenated alkanes) is 10. The van der Waals surface area contributed by atoms with Gasteiger partial charge in [-0.2, -0.15) is 10.1 Å². The first-order valence-electron chi connectivity index (χ1n) is 19.1. The van der Waals surface area contributed by atoms with Gasteiger partial charge in [-0.15, -0.1) is 0 Å². The molecule has 0 fully saturated rings. The lowest BCUT2D eigenvalue weighted by atomic mass is 9.80. The molecule has 2 heterocycles. The zero-order valence-corrected chi connectivity index (χ0v) is 33.0. The Bertz CT molecular complexity index is 992. The Morgan fingerprint density at radius 2 is 0.875 bits per heavy atom. The van der Waals surface area contributed by atoms with Crippen molar-refractivity contribution in [2.24, 2.45) is 0 Å². The predicted molar refractivity (Wildman–Crippen MR) is 195 cm³/mol. The minimum atomic E-state index is -0.597. The summed E-state index contributed by atoms with van der Waals surface area (Å²) in [5.41, 5.74) is 0.0479. The highest BCUT2D eigenvalue weighted by atomic mass is 16.7. The van der Waals surface area contributed by atoms with Crippen LogP contribution in [0.2, 0.25) is 0 Å². The summed E-state index contributed by atoms with van der Waals surface area (Å²) in [5.74, 6) is -0.845. The van der Waals surface area contributed by atoms with Gasteiger partial charge in [0.1, 0.15) is 12.2 Å². The van der Waals surface area contributed by atoms with E-state index < -0.39 is 35.2 Å². The van der Waals surface area contributed by atoms with E-state index in [1.54, 1.807) is 0 Å². The molecule has 0 aliphatic carbocycles. The fourth-order valence-electron chi connectivity index (χ4n) is 8.00. The number of carbonyl (C=O) groups is 2. The van der Waals surface area contributed by atoms with Crippen LogP contribution in [0.4, 0.5) is 0 Å². The standard InChI is InChI=1S/C40H72N2O6/c1-13-15-17-19-21-23-27-45-41-37(5,6)29-31(3)35(39(41,9)10)47-33(43)25-26-34(44)48-36-32(4)30-38(7,8)42(40(36,11)12)46-28-24-22-20-18-16-14-2/h29-30,35-36H,13-28H2,1-12H3. The maximum Gasteiger partial charge on any atom is 0.307 e. The number of hydroxylamine groups is 4. The van der Waals surface area contributed by atoms with E-state index in [1.807, 2.05) is 24.0 Å². The molecule has 2 rings (SSSR count). The third-order valence-corrected chi connectivity index (χ3v) is 9.83. The highest BCUT2D eigenvalue weighted by Gasteiger charge is 2.51. The fourth-order valence-corrected chi connectivity index (χ4v) is 8.00. The van der Waals surface area contributed by atoms with Gasteiger partial charge in [0, 0.05) is 0 Å². The van der Waals surface area contributed by atoms with E-state index in [0.29, 0.717) is 13.2 Å². The van der Waals surface area contributed by atoms with Gasteiger partial charge >= 0.3 is 11.9 Å². The van der Waals surface area contributed by atoms with Crippen LogP contribution in [-0.2, 0) is 28.7 Å². The first kappa shape index (κ1) is 42.4. The summed E-state index contributed by atoms with van der Waals surface area (Å²) in [4.78, 5) is 39.1. The third kappa shape index (κ3) is 11.9. The van der Waals surface area contributed by atoms with Gasteiger partial charge in [0.25, 0.3) is 0 Å². The van der Waals surface area contributed by atoms with Gasteiger partial charge in [-0.05, 0) is 93.2 Å². The summed E-state index contributed by atoms with van der Waals surface area (Å²) in [6.07, 6.45) is 17.4. The van der Waals surface area contributed by atoms with Crippen molar-refractivity contribution >= 4 is 11.9 Å². The molecule has 0 saturated carbocycles. The quantitative estimate of drug-likeness (QED) is 0.0676. The monoisotopic (exact) mass is 677 g/mol. The van der Waals surface area contributed by atoms with Gasteiger partial charge in [0.2, 0.25) is 0 Å². The Labute approximate surface area is 294 Å². The lowest BCUT2D eigenvalue weighted by Gasteiger charge is -2.52. The smallest absolute Gasteiger partial charge is 0.307 e. The van der Waals surface area contributed by atoms with Crippen molar-refractivity contribution in [2.75, 3.05) is 13.2 Å². The second-order valence-corrected chi connectivity index (χ2v) is 16.4. The molecule has 0 N–H and O–H groups in total.